The Bertz CT molecular complexity index is 1080. The maximum absolute atomic E-state index is 12.7. The first-order chi connectivity index (χ1) is 13.4. The average Bonchev–Trinajstić information content (AvgIpc) is 3.38. The zero-order valence-corrected chi connectivity index (χ0v) is 16.4. The summed E-state index contributed by atoms with van der Waals surface area (Å²) in [4.78, 5) is 20.5. The monoisotopic (exact) mass is 398 g/mol. The van der Waals surface area contributed by atoms with E-state index in [9.17, 15) is 13.2 Å². The molecule has 0 spiro atoms. The summed E-state index contributed by atoms with van der Waals surface area (Å²) in [6.45, 7) is 2.89. The van der Waals surface area contributed by atoms with Crippen molar-refractivity contribution in [2.24, 2.45) is 0 Å². The van der Waals surface area contributed by atoms with Crippen LogP contribution in [0.25, 0.3) is 11.0 Å². The molecule has 3 aromatic rings. The number of hydrogen-bond donors (Lipinski definition) is 2. The number of aromatic amines is 1. The van der Waals surface area contributed by atoms with Crippen LogP contribution >= 0.6 is 0 Å². The number of carbonyl (C=O) groups excluding carboxylic acids is 1. The Morgan fingerprint density at radius 1 is 1.14 bits per heavy atom. The molecular formula is C20H22N4O3S. The molecule has 2 heterocycles. The van der Waals surface area contributed by atoms with Crippen molar-refractivity contribution in [2.45, 2.75) is 30.7 Å². The van der Waals surface area contributed by atoms with E-state index >= 15 is 0 Å². The number of rotatable bonds is 5. The van der Waals surface area contributed by atoms with Crippen LogP contribution in [0.3, 0.4) is 0 Å². The van der Waals surface area contributed by atoms with Gasteiger partial charge in [-0.15, -0.1) is 0 Å². The molecule has 1 saturated heterocycles. The van der Waals surface area contributed by atoms with Gasteiger partial charge >= 0.3 is 0 Å². The van der Waals surface area contributed by atoms with Gasteiger partial charge < -0.3 is 10.3 Å². The topological polar surface area (TPSA) is 95.2 Å². The Labute approximate surface area is 163 Å². The third kappa shape index (κ3) is 3.53. The first kappa shape index (κ1) is 18.6. The summed E-state index contributed by atoms with van der Waals surface area (Å²) < 4.78 is 26.9. The molecule has 1 aliphatic heterocycles. The number of sulfonamides is 1. The van der Waals surface area contributed by atoms with Gasteiger partial charge in [0.15, 0.2) is 0 Å². The number of fused-ring (bicyclic) bond motifs is 1. The van der Waals surface area contributed by atoms with Crippen molar-refractivity contribution in [1.82, 2.24) is 19.6 Å². The highest BCUT2D eigenvalue weighted by Crippen LogP contribution is 2.22. The van der Waals surface area contributed by atoms with Gasteiger partial charge in [0, 0.05) is 18.7 Å². The molecule has 1 fully saturated rings. The molecule has 4 rings (SSSR count). The zero-order chi connectivity index (χ0) is 19.7. The molecule has 146 valence electrons. The molecule has 1 aliphatic rings. The highest BCUT2D eigenvalue weighted by Gasteiger charge is 2.27. The summed E-state index contributed by atoms with van der Waals surface area (Å²) in [5.41, 5.74) is 2.04. The maximum Gasteiger partial charge on any atom is 0.251 e. The van der Waals surface area contributed by atoms with Gasteiger partial charge in [-0.1, -0.05) is 18.2 Å². The molecule has 1 unspecified atom stereocenters. The SMILES string of the molecule is CC(NC(=O)c1cccc(S(=O)(=O)N2CCCC2)c1)c1nc2ccccc2[nH]1. The van der Waals surface area contributed by atoms with Crippen LogP contribution in [0.15, 0.2) is 53.4 Å². The number of carbonyl (C=O) groups is 1. The summed E-state index contributed by atoms with van der Waals surface area (Å²) in [5.74, 6) is 0.307. The third-order valence-electron chi connectivity index (χ3n) is 4.96. The highest BCUT2D eigenvalue weighted by atomic mass is 32.2. The molecule has 0 bridgehead atoms. The minimum Gasteiger partial charge on any atom is -0.342 e. The molecule has 2 N–H and O–H groups in total. The van der Waals surface area contributed by atoms with Crippen molar-refractivity contribution >= 4 is 27.0 Å². The van der Waals surface area contributed by atoms with Crippen LogP contribution in [0.5, 0.6) is 0 Å². The van der Waals surface area contributed by atoms with Gasteiger partial charge in [-0.25, -0.2) is 13.4 Å². The highest BCUT2D eigenvalue weighted by molar-refractivity contribution is 7.89. The molecular weight excluding hydrogens is 376 g/mol. The minimum absolute atomic E-state index is 0.151. The van der Waals surface area contributed by atoms with Crippen LogP contribution in [0.2, 0.25) is 0 Å². The minimum atomic E-state index is -3.56. The van der Waals surface area contributed by atoms with Crippen molar-refractivity contribution in [2.75, 3.05) is 13.1 Å². The maximum atomic E-state index is 12.7. The largest absolute Gasteiger partial charge is 0.342 e. The summed E-state index contributed by atoms with van der Waals surface area (Å²) in [5, 5.41) is 2.88. The van der Waals surface area contributed by atoms with E-state index in [0.717, 1.165) is 23.9 Å². The molecule has 8 heteroatoms. The van der Waals surface area contributed by atoms with Gasteiger partial charge in [0.25, 0.3) is 5.91 Å². The quantitative estimate of drug-likeness (QED) is 0.691. The second-order valence-corrected chi connectivity index (χ2v) is 8.91. The Hall–Kier alpha value is -2.71. The number of nitrogens with zero attached hydrogens (tertiary/aromatic N) is 2. The van der Waals surface area contributed by atoms with E-state index in [1.807, 2.05) is 31.2 Å². The molecule has 2 aromatic carbocycles. The zero-order valence-electron chi connectivity index (χ0n) is 15.6. The number of nitrogens with one attached hydrogen (secondary N) is 2. The molecule has 0 radical (unpaired) electrons. The molecule has 0 aliphatic carbocycles. The summed E-state index contributed by atoms with van der Waals surface area (Å²) in [6.07, 6.45) is 1.74. The first-order valence-corrected chi connectivity index (χ1v) is 10.7. The number of hydrogen-bond acceptors (Lipinski definition) is 4. The van der Waals surface area contributed by atoms with E-state index in [-0.39, 0.29) is 16.8 Å². The normalized spacial score (nSPS) is 16.3. The lowest BCUT2D eigenvalue weighted by Gasteiger charge is -2.16. The lowest BCUT2D eigenvalue weighted by atomic mass is 10.2. The van der Waals surface area contributed by atoms with E-state index in [4.69, 9.17) is 0 Å². The standard InChI is InChI=1S/C20H22N4O3S/c1-14(19-22-17-9-2-3-10-18(17)23-19)21-20(25)15-7-6-8-16(13-15)28(26,27)24-11-4-5-12-24/h2-3,6-10,13-14H,4-5,11-12H2,1H3,(H,21,25)(H,22,23). The molecule has 7 nitrogen and oxygen atoms in total. The van der Waals surface area contributed by atoms with E-state index < -0.39 is 10.0 Å². The van der Waals surface area contributed by atoms with Gasteiger partial charge in [-0.2, -0.15) is 4.31 Å². The predicted molar refractivity (Wildman–Crippen MR) is 106 cm³/mol. The predicted octanol–water partition coefficient (Wildman–Crippen LogP) is 2.84. The van der Waals surface area contributed by atoms with Crippen molar-refractivity contribution in [3.05, 3.63) is 59.9 Å². The molecule has 28 heavy (non-hydrogen) atoms. The van der Waals surface area contributed by atoms with Gasteiger partial charge in [0.05, 0.1) is 22.0 Å². The number of imidazole rings is 1. The van der Waals surface area contributed by atoms with Crippen molar-refractivity contribution in [3.8, 4) is 0 Å². The Kier molecular flexibility index (Phi) is 4.91. The summed E-state index contributed by atoms with van der Waals surface area (Å²) in [7, 11) is -3.56. The van der Waals surface area contributed by atoms with E-state index in [1.54, 1.807) is 12.1 Å². The van der Waals surface area contributed by atoms with Crippen LogP contribution in [0.1, 0.15) is 42.0 Å². The Morgan fingerprint density at radius 2 is 1.89 bits per heavy atom. The summed E-state index contributed by atoms with van der Waals surface area (Å²) >= 11 is 0. The number of H-pyrrole nitrogens is 1. The first-order valence-electron chi connectivity index (χ1n) is 9.31. The third-order valence-corrected chi connectivity index (χ3v) is 6.86. The summed E-state index contributed by atoms with van der Waals surface area (Å²) in [6, 6.07) is 13.5. The number of aromatic nitrogens is 2. The lowest BCUT2D eigenvalue weighted by Crippen LogP contribution is -2.29. The molecule has 1 atom stereocenters. The molecule has 0 saturated carbocycles. The van der Waals surface area contributed by atoms with E-state index in [1.165, 1.54) is 16.4 Å². The van der Waals surface area contributed by atoms with Gasteiger partial charge in [0.2, 0.25) is 10.0 Å². The Balaban J connectivity index is 1.53. The van der Waals surface area contributed by atoms with Gasteiger partial charge in [-0.3, -0.25) is 4.79 Å². The fourth-order valence-electron chi connectivity index (χ4n) is 3.40. The van der Waals surface area contributed by atoms with E-state index in [0.29, 0.717) is 24.5 Å². The lowest BCUT2D eigenvalue weighted by molar-refractivity contribution is 0.0938. The number of amides is 1. The number of para-hydroxylation sites is 2. The van der Waals surface area contributed by atoms with E-state index in [2.05, 4.69) is 15.3 Å². The molecule has 1 aromatic heterocycles. The average molecular weight is 398 g/mol. The van der Waals surface area contributed by atoms with Crippen molar-refractivity contribution < 1.29 is 13.2 Å². The van der Waals surface area contributed by atoms with Crippen molar-refractivity contribution in [3.63, 3.8) is 0 Å². The Morgan fingerprint density at radius 3 is 2.64 bits per heavy atom. The van der Waals surface area contributed by atoms with Crippen molar-refractivity contribution in [1.29, 1.82) is 0 Å². The van der Waals surface area contributed by atoms with Crippen LogP contribution in [0.4, 0.5) is 0 Å². The van der Waals surface area contributed by atoms with Crippen LogP contribution in [-0.2, 0) is 10.0 Å². The smallest absolute Gasteiger partial charge is 0.251 e. The second-order valence-electron chi connectivity index (χ2n) is 6.97. The van der Waals surface area contributed by atoms with Gasteiger partial charge in [-0.05, 0) is 50.1 Å². The van der Waals surface area contributed by atoms with Crippen LogP contribution in [0, 0.1) is 0 Å². The molecule has 1 amide bonds. The van der Waals surface area contributed by atoms with Crippen LogP contribution < -0.4 is 5.32 Å². The number of benzene rings is 2. The fraction of sp³-hybridized carbons (Fsp3) is 0.300. The van der Waals surface area contributed by atoms with Gasteiger partial charge in [0.1, 0.15) is 5.82 Å². The van der Waals surface area contributed by atoms with Crippen LogP contribution in [-0.4, -0.2) is 41.7 Å². The fourth-order valence-corrected chi connectivity index (χ4v) is 4.96. The second kappa shape index (κ2) is 7.37.